The van der Waals surface area contributed by atoms with Crippen molar-refractivity contribution in [2.75, 3.05) is 13.1 Å². The molecule has 0 aromatic carbocycles. The molecule has 19 heavy (non-hydrogen) atoms. The lowest BCUT2D eigenvalue weighted by molar-refractivity contribution is -0.131. The van der Waals surface area contributed by atoms with Gasteiger partial charge >= 0.3 is 6.03 Å². The van der Waals surface area contributed by atoms with Gasteiger partial charge < -0.3 is 10.6 Å². The highest BCUT2D eigenvalue weighted by Crippen LogP contribution is 2.26. The van der Waals surface area contributed by atoms with Crippen molar-refractivity contribution in [3.05, 3.63) is 29.0 Å². The molecule has 0 saturated carbocycles. The van der Waals surface area contributed by atoms with Crippen LogP contribution in [0.2, 0.25) is 5.02 Å². The van der Waals surface area contributed by atoms with Crippen LogP contribution in [0.15, 0.2) is 18.5 Å². The van der Waals surface area contributed by atoms with Gasteiger partial charge in [-0.25, -0.2) is 4.79 Å². The van der Waals surface area contributed by atoms with Crippen molar-refractivity contribution in [3.63, 3.8) is 0 Å². The number of urea groups is 1. The van der Waals surface area contributed by atoms with Crippen LogP contribution in [0, 0.1) is 0 Å². The van der Waals surface area contributed by atoms with Crippen molar-refractivity contribution in [2.45, 2.75) is 18.5 Å². The number of imide groups is 1. The molecule has 6 nitrogen and oxygen atoms in total. The molecule has 3 rings (SSSR count). The Bertz CT molecular complexity index is 542. The first-order valence-electron chi connectivity index (χ1n) is 6.06. The molecule has 2 fully saturated rings. The number of hydrogen-bond acceptors (Lipinski definition) is 4. The number of nitrogens with one attached hydrogen (secondary N) is 2. The first-order valence-corrected chi connectivity index (χ1v) is 6.43. The second-order valence-corrected chi connectivity index (χ2v) is 5.20. The Morgan fingerprint density at radius 3 is 3.00 bits per heavy atom. The van der Waals surface area contributed by atoms with Gasteiger partial charge in [0.05, 0.1) is 11.6 Å². The van der Waals surface area contributed by atoms with Crippen LogP contribution in [-0.2, 0) is 11.3 Å². The molecule has 1 spiro atoms. The lowest BCUT2D eigenvalue weighted by Gasteiger charge is -2.19. The van der Waals surface area contributed by atoms with Crippen molar-refractivity contribution in [3.8, 4) is 0 Å². The van der Waals surface area contributed by atoms with Gasteiger partial charge in [-0.15, -0.1) is 0 Å². The first kappa shape index (κ1) is 12.4. The van der Waals surface area contributed by atoms with Crippen LogP contribution < -0.4 is 10.6 Å². The number of carbonyl (C=O) groups excluding carboxylic acids is 2. The normalized spacial score (nSPS) is 26.3. The highest BCUT2D eigenvalue weighted by atomic mass is 35.5. The first-order chi connectivity index (χ1) is 9.12. The van der Waals surface area contributed by atoms with E-state index < -0.39 is 5.54 Å². The molecule has 1 aromatic rings. The topological polar surface area (TPSA) is 74.3 Å². The standard InChI is InChI=1S/C12H13ClN4O2/c13-9-5-14-3-1-8(9)6-17-10(18)12(16-11(17)19)2-4-15-7-12/h1,3,5,15H,2,4,6-7H2,(H,16,19). The number of amides is 3. The Kier molecular flexibility index (Phi) is 2.91. The summed E-state index contributed by atoms with van der Waals surface area (Å²) >= 11 is 6.00. The third-order valence-electron chi connectivity index (χ3n) is 3.59. The molecule has 1 atom stereocenters. The third-order valence-corrected chi connectivity index (χ3v) is 3.93. The Morgan fingerprint density at radius 2 is 2.32 bits per heavy atom. The zero-order chi connectivity index (χ0) is 13.5. The predicted octanol–water partition coefficient (Wildman–Crippen LogP) is 0.519. The molecule has 2 N–H and O–H groups in total. The lowest BCUT2D eigenvalue weighted by Crippen LogP contribution is -2.48. The maximum absolute atomic E-state index is 12.4. The van der Waals surface area contributed by atoms with E-state index in [4.69, 9.17) is 11.6 Å². The maximum Gasteiger partial charge on any atom is 0.325 e. The smallest absolute Gasteiger partial charge is 0.322 e. The minimum atomic E-state index is -0.767. The predicted molar refractivity (Wildman–Crippen MR) is 68.5 cm³/mol. The van der Waals surface area contributed by atoms with Gasteiger partial charge in [0, 0.05) is 18.9 Å². The summed E-state index contributed by atoms with van der Waals surface area (Å²) in [6.45, 7) is 1.39. The fourth-order valence-electron chi connectivity index (χ4n) is 2.50. The summed E-state index contributed by atoms with van der Waals surface area (Å²) in [5, 5.41) is 6.34. The summed E-state index contributed by atoms with van der Waals surface area (Å²) in [5.74, 6) is -0.185. The van der Waals surface area contributed by atoms with Gasteiger partial charge in [-0.3, -0.25) is 14.7 Å². The van der Waals surface area contributed by atoms with E-state index in [1.54, 1.807) is 12.3 Å². The van der Waals surface area contributed by atoms with Gasteiger partial charge in [-0.05, 0) is 24.6 Å². The Labute approximate surface area is 115 Å². The highest BCUT2D eigenvalue weighted by Gasteiger charge is 2.52. The molecule has 3 heterocycles. The van der Waals surface area contributed by atoms with E-state index in [0.29, 0.717) is 23.6 Å². The zero-order valence-electron chi connectivity index (χ0n) is 10.1. The Hall–Kier alpha value is -1.66. The van der Waals surface area contributed by atoms with Crippen LogP contribution in [0.5, 0.6) is 0 Å². The minimum Gasteiger partial charge on any atom is -0.322 e. The minimum absolute atomic E-state index is 0.174. The lowest BCUT2D eigenvalue weighted by atomic mass is 9.99. The summed E-state index contributed by atoms with van der Waals surface area (Å²) in [6, 6.07) is 1.35. The SMILES string of the molecule is O=C1NC2(CCNC2)C(=O)N1Cc1ccncc1Cl. The summed E-state index contributed by atoms with van der Waals surface area (Å²) < 4.78 is 0. The largest absolute Gasteiger partial charge is 0.325 e. The van der Waals surface area contributed by atoms with Gasteiger partial charge in [0.2, 0.25) is 0 Å². The second-order valence-electron chi connectivity index (χ2n) is 4.80. The number of carbonyl (C=O) groups is 2. The number of nitrogens with zero attached hydrogens (tertiary/aromatic N) is 2. The Balaban J connectivity index is 1.84. The van der Waals surface area contributed by atoms with Crippen LogP contribution >= 0.6 is 11.6 Å². The fourth-order valence-corrected chi connectivity index (χ4v) is 2.68. The molecular weight excluding hydrogens is 268 g/mol. The molecule has 0 bridgehead atoms. The van der Waals surface area contributed by atoms with Crippen molar-refractivity contribution in [1.29, 1.82) is 0 Å². The molecule has 2 aliphatic rings. The molecular formula is C12H13ClN4O2. The van der Waals surface area contributed by atoms with Crippen molar-refractivity contribution < 1.29 is 9.59 Å². The second kappa shape index (κ2) is 4.47. The number of pyridine rings is 1. The van der Waals surface area contributed by atoms with E-state index >= 15 is 0 Å². The van der Waals surface area contributed by atoms with E-state index in [0.717, 1.165) is 6.54 Å². The number of aromatic nitrogens is 1. The van der Waals surface area contributed by atoms with Crippen LogP contribution in [0.25, 0.3) is 0 Å². The van der Waals surface area contributed by atoms with Gasteiger partial charge in [0.25, 0.3) is 5.91 Å². The van der Waals surface area contributed by atoms with Crippen molar-refractivity contribution in [1.82, 2.24) is 20.5 Å². The van der Waals surface area contributed by atoms with Gasteiger partial charge in [0.15, 0.2) is 0 Å². The van der Waals surface area contributed by atoms with Crippen LogP contribution in [-0.4, -0.2) is 40.5 Å². The van der Waals surface area contributed by atoms with E-state index in [1.165, 1.54) is 11.1 Å². The van der Waals surface area contributed by atoms with E-state index in [9.17, 15) is 9.59 Å². The molecule has 3 amide bonds. The molecule has 1 unspecified atom stereocenters. The maximum atomic E-state index is 12.4. The summed E-state index contributed by atoms with van der Waals surface area (Å²) in [4.78, 5) is 29.5. The van der Waals surface area contributed by atoms with Crippen LogP contribution in [0.3, 0.4) is 0 Å². The van der Waals surface area contributed by atoms with E-state index in [1.807, 2.05) is 0 Å². The molecule has 2 aliphatic heterocycles. The molecule has 2 saturated heterocycles. The summed E-state index contributed by atoms with van der Waals surface area (Å²) in [7, 11) is 0. The van der Waals surface area contributed by atoms with Crippen molar-refractivity contribution in [2.24, 2.45) is 0 Å². The molecule has 100 valence electrons. The summed E-state index contributed by atoms with van der Waals surface area (Å²) in [6.07, 6.45) is 3.72. The Morgan fingerprint density at radius 1 is 1.47 bits per heavy atom. The molecule has 0 aliphatic carbocycles. The molecule has 1 aromatic heterocycles. The zero-order valence-corrected chi connectivity index (χ0v) is 10.9. The van der Waals surface area contributed by atoms with Gasteiger partial charge in [-0.2, -0.15) is 0 Å². The average molecular weight is 281 g/mol. The van der Waals surface area contributed by atoms with Gasteiger partial charge in [-0.1, -0.05) is 11.6 Å². The number of halogens is 1. The monoisotopic (exact) mass is 280 g/mol. The number of hydrogen-bond donors (Lipinski definition) is 2. The fraction of sp³-hybridized carbons (Fsp3) is 0.417. The van der Waals surface area contributed by atoms with E-state index in [2.05, 4.69) is 15.6 Å². The highest BCUT2D eigenvalue weighted by molar-refractivity contribution is 6.31. The van der Waals surface area contributed by atoms with Crippen molar-refractivity contribution >= 4 is 23.5 Å². The molecule has 0 radical (unpaired) electrons. The van der Waals surface area contributed by atoms with Crippen LogP contribution in [0.4, 0.5) is 4.79 Å². The van der Waals surface area contributed by atoms with Gasteiger partial charge in [0.1, 0.15) is 5.54 Å². The van der Waals surface area contributed by atoms with Crippen LogP contribution in [0.1, 0.15) is 12.0 Å². The number of rotatable bonds is 2. The molecule has 7 heteroatoms. The quantitative estimate of drug-likeness (QED) is 0.775. The third kappa shape index (κ3) is 1.97. The average Bonchev–Trinajstić information content (AvgIpc) is 2.94. The van der Waals surface area contributed by atoms with E-state index in [-0.39, 0.29) is 18.5 Å². The summed E-state index contributed by atoms with van der Waals surface area (Å²) in [5.41, 5.74) is -0.0560.